The van der Waals surface area contributed by atoms with Gasteiger partial charge in [0.05, 0.1) is 7.11 Å². The molecule has 0 spiro atoms. The third kappa shape index (κ3) is 3.39. The van der Waals surface area contributed by atoms with Gasteiger partial charge < -0.3 is 15.2 Å². The van der Waals surface area contributed by atoms with Crippen molar-refractivity contribution in [3.63, 3.8) is 0 Å². The summed E-state index contributed by atoms with van der Waals surface area (Å²) in [4.78, 5) is 0. The molecule has 29 heavy (non-hydrogen) atoms. The first-order valence-corrected chi connectivity index (χ1v) is 9.61. The predicted octanol–water partition coefficient (Wildman–Crippen LogP) is 4.48. The quantitative estimate of drug-likeness (QED) is 0.401. The number of ether oxygens (including phenoxy) is 1. The molecule has 0 aromatic heterocycles. The lowest BCUT2D eigenvalue weighted by Crippen LogP contribution is -2.47. The lowest BCUT2D eigenvalue weighted by Gasteiger charge is -2.26. The van der Waals surface area contributed by atoms with Gasteiger partial charge in [-0.25, -0.2) is 0 Å². The van der Waals surface area contributed by atoms with Crippen LogP contribution in [0.1, 0.15) is 11.1 Å². The second-order valence-electron chi connectivity index (χ2n) is 7.03. The molecule has 4 heteroatoms. The molecule has 0 atom stereocenters. The molecule has 0 bridgehead atoms. The molecule has 0 saturated carbocycles. The van der Waals surface area contributed by atoms with Crippen LogP contribution >= 0.6 is 0 Å². The van der Waals surface area contributed by atoms with Crippen molar-refractivity contribution in [3.05, 3.63) is 96.1 Å². The van der Waals surface area contributed by atoms with Crippen LogP contribution in [0.3, 0.4) is 0 Å². The molecule has 4 aromatic carbocycles. The summed E-state index contributed by atoms with van der Waals surface area (Å²) in [6.07, 6.45) is 0. The van der Waals surface area contributed by atoms with Crippen molar-refractivity contribution in [2.45, 2.75) is 0 Å². The number of rotatable bonds is 2. The molecule has 1 aliphatic rings. The van der Waals surface area contributed by atoms with E-state index in [4.69, 9.17) is 4.74 Å². The number of anilines is 2. The summed E-state index contributed by atoms with van der Waals surface area (Å²) in [5.74, 6) is 7.27. The average Bonchev–Trinajstić information content (AvgIpc) is 2.79. The van der Waals surface area contributed by atoms with E-state index in [2.05, 4.69) is 83.0 Å². The molecule has 5 rings (SSSR count). The normalized spacial score (nSPS) is 11.8. The second-order valence-corrected chi connectivity index (χ2v) is 7.03. The number of nitrogens with one attached hydrogen (secondary N) is 2. The fourth-order valence-corrected chi connectivity index (χ4v) is 3.67. The molecule has 0 aliphatic carbocycles. The van der Waals surface area contributed by atoms with Gasteiger partial charge in [-0.3, -0.25) is 0 Å². The molecule has 0 radical (unpaired) electrons. The van der Waals surface area contributed by atoms with Crippen LogP contribution in [0.5, 0.6) is 5.75 Å². The van der Waals surface area contributed by atoms with Gasteiger partial charge in [-0.1, -0.05) is 48.2 Å². The molecule has 0 amide bonds. The van der Waals surface area contributed by atoms with Gasteiger partial charge in [0.2, 0.25) is 0 Å². The number of hydrogen-bond acceptors (Lipinski definition) is 3. The van der Waals surface area contributed by atoms with E-state index in [1.165, 1.54) is 16.2 Å². The predicted molar refractivity (Wildman–Crippen MR) is 122 cm³/mol. The van der Waals surface area contributed by atoms with Gasteiger partial charge in [-0.15, -0.1) is 0 Å². The fourth-order valence-electron chi connectivity index (χ4n) is 3.67. The molecule has 4 aromatic rings. The van der Waals surface area contributed by atoms with Gasteiger partial charge in [0.25, 0.3) is 0 Å². The highest BCUT2D eigenvalue weighted by Gasteiger charge is 2.24. The molecular formula is C25H19BN2O. The molecule has 0 unspecified atom stereocenters. The van der Waals surface area contributed by atoms with Crippen molar-refractivity contribution >= 4 is 34.6 Å². The Bertz CT molecular complexity index is 1200. The van der Waals surface area contributed by atoms with Gasteiger partial charge in [-0.05, 0) is 59.4 Å². The van der Waals surface area contributed by atoms with Crippen LogP contribution in [0.25, 0.3) is 10.8 Å². The van der Waals surface area contributed by atoms with Crippen LogP contribution in [0.4, 0.5) is 11.4 Å². The maximum Gasteiger partial charge on any atom is 0.406 e. The summed E-state index contributed by atoms with van der Waals surface area (Å²) >= 11 is 0. The monoisotopic (exact) mass is 374 g/mol. The Morgan fingerprint density at radius 1 is 0.690 bits per heavy atom. The van der Waals surface area contributed by atoms with Crippen LogP contribution in [0, 0.1) is 11.8 Å². The zero-order valence-corrected chi connectivity index (χ0v) is 16.1. The highest BCUT2D eigenvalue weighted by molar-refractivity contribution is 6.80. The third-order valence-electron chi connectivity index (χ3n) is 5.19. The molecule has 138 valence electrons. The Kier molecular flexibility index (Phi) is 4.35. The van der Waals surface area contributed by atoms with Crippen molar-refractivity contribution in [1.82, 2.24) is 0 Å². The molecular weight excluding hydrogens is 355 g/mol. The van der Waals surface area contributed by atoms with E-state index in [-0.39, 0.29) is 6.98 Å². The van der Waals surface area contributed by atoms with Crippen molar-refractivity contribution in [2.75, 3.05) is 17.6 Å². The van der Waals surface area contributed by atoms with Gasteiger partial charge in [-0.2, -0.15) is 0 Å². The minimum atomic E-state index is 0.0269. The van der Waals surface area contributed by atoms with Gasteiger partial charge in [0.1, 0.15) is 5.75 Å². The highest BCUT2D eigenvalue weighted by atomic mass is 16.5. The van der Waals surface area contributed by atoms with E-state index in [1.807, 2.05) is 24.3 Å². The van der Waals surface area contributed by atoms with Gasteiger partial charge in [0.15, 0.2) is 0 Å². The van der Waals surface area contributed by atoms with Crippen molar-refractivity contribution in [2.24, 2.45) is 0 Å². The average molecular weight is 374 g/mol. The summed E-state index contributed by atoms with van der Waals surface area (Å²) in [6.45, 7) is 0.0269. The van der Waals surface area contributed by atoms with Crippen LogP contribution in [0.2, 0.25) is 0 Å². The first-order chi connectivity index (χ1) is 14.3. The van der Waals surface area contributed by atoms with E-state index in [0.717, 1.165) is 28.3 Å². The smallest absolute Gasteiger partial charge is 0.406 e. The van der Waals surface area contributed by atoms with Crippen molar-refractivity contribution in [1.29, 1.82) is 0 Å². The summed E-state index contributed by atoms with van der Waals surface area (Å²) < 4.78 is 5.18. The largest absolute Gasteiger partial charge is 0.497 e. The maximum atomic E-state index is 5.18. The van der Waals surface area contributed by atoms with Crippen LogP contribution in [-0.2, 0) is 0 Å². The Labute approximate surface area is 170 Å². The van der Waals surface area contributed by atoms with Crippen molar-refractivity contribution in [3.8, 4) is 17.6 Å². The molecule has 1 heterocycles. The highest BCUT2D eigenvalue weighted by Crippen LogP contribution is 2.33. The molecule has 2 N–H and O–H groups in total. The lowest BCUT2D eigenvalue weighted by atomic mass is 9.66. The van der Waals surface area contributed by atoms with E-state index in [9.17, 15) is 0 Å². The minimum Gasteiger partial charge on any atom is -0.497 e. The Hall–Kier alpha value is -3.84. The summed E-state index contributed by atoms with van der Waals surface area (Å²) in [7, 11) is 1.66. The Morgan fingerprint density at radius 2 is 1.24 bits per heavy atom. The van der Waals surface area contributed by atoms with E-state index in [1.54, 1.807) is 7.11 Å². The second kappa shape index (κ2) is 7.29. The van der Waals surface area contributed by atoms with E-state index in [0.29, 0.717) is 0 Å². The first kappa shape index (κ1) is 17.3. The zero-order valence-electron chi connectivity index (χ0n) is 16.1. The van der Waals surface area contributed by atoms with Gasteiger partial charge >= 0.3 is 6.98 Å². The summed E-state index contributed by atoms with van der Waals surface area (Å²) in [5.41, 5.74) is 5.44. The Morgan fingerprint density at radius 3 is 1.79 bits per heavy atom. The van der Waals surface area contributed by atoms with Crippen molar-refractivity contribution < 1.29 is 4.74 Å². The zero-order chi connectivity index (χ0) is 19.6. The number of hydrogen-bond donors (Lipinski definition) is 2. The van der Waals surface area contributed by atoms with Gasteiger partial charge in [0, 0.05) is 27.9 Å². The third-order valence-corrected chi connectivity index (χ3v) is 5.19. The molecule has 3 nitrogen and oxygen atoms in total. The molecule has 0 saturated heterocycles. The summed E-state index contributed by atoms with van der Waals surface area (Å²) in [5, 5.41) is 9.70. The molecule has 1 aliphatic heterocycles. The number of benzene rings is 4. The van der Waals surface area contributed by atoms with Crippen LogP contribution in [-0.4, -0.2) is 14.1 Å². The van der Waals surface area contributed by atoms with Crippen LogP contribution in [0.15, 0.2) is 84.9 Å². The minimum absolute atomic E-state index is 0.0269. The lowest BCUT2D eigenvalue weighted by molar-refractivity contribution is 0.415. The number of methoxy groups -OCH3 is 1. The Balaban J connectivity index is 1.36. The topological polar surface area (TPSA) is 33.3 Å². The molecule has 0 fully saturated rings. The summed E-state index contributed by atoms with van der Waals surface area (Å²) in [6, 6.07) is 28.9. The van der Waals surface area contributed by atoms with Crippen LogP contribution < -0.4 is 20.7 Å². The fraction of sp³-hybridized carbons (Fsp3) is 0.0400. The maximum absolute atomic E-state index is 5.18. The SMILES string of the molecule is COc1ccc(C#Cc2ccc(B3Nc4cccc5cccc(c45)N3)cc2)cc1. The van der Waals surface area contributed by atoms with E-state index >= 15 is 0 Å². The van der Waals surface area contributed by atoms with E-state index < -0.39 is 0 Å². The first-order valence-electron chi connectivity index (χ1n) is 9.61. The standard InChI is InChI=1S/C25H19BN2O/c1-29-22-16-12-19(13-17-22)9-8-18-10-14-21(15-11-18)26-27-23-6-2-4-20-5-3-7-24(28-26)25(20)23/h2-7,10-17,27-28H,1H3.